The molecule has 0 saturated carbocycles. The molecule has 2 nitrogen and oxygen atoms in total. The van der Waals surface area contributed by atoms with Gasteiger partial charge in [-0.2, -0.15) is 0 Å². The molecule has 0 aliphatic carbocycles. The van der Waals surface area contributed by atoms with Crippen LogP contribution in [0.2, 0.25) is 0 Å². The molecule has 94 valence electrons. The lowest BCUT2D eigenvalue weighted by Gasteiger charge is -2.20. The molecular weight excluding hydrogens is 220 g/mol. The number of hydrogen-bond acceptors (Lipinski definition) is 2. The van der Waals surface area contributed by atoms with Crippen molar-refractivity contribution >= 4 is 0 Å². The Balaban J connectivity index is 2.05. The first-order valence-corrected chi connectivity index (χ1v) is 6.40. The quantitative estimate of drug-likeness (QED) is 0.879. The summed E-state index contributed by atoms with van der Waals surface area (Å²) < 4.78 is 0. The largest absolute Gasteiger partial charge is 0.302 e. The monoisotopic (exact) mass is 240 g/mol. The average Bonchev–Trinajstić information content (AvgIpc) is 2.39. The van der Waals surface area contributed by atoms with E-state index in [1.165, 1.54) is 11.1 Å². The highest BCUT2D eigenvalue weighted by molar-refractivity contribution is 5.25. The molecule has 1 aromatic heterocycles. The fourth-order valence-electron chi connectivity index (χ4n) is 2.13. The molecule has 0 aliphatic heterocycles. The number of pyridine rings is 1. The van der Waals surface area contributed by atoms with Crippen LogP contribution in [-0.4, -0.2) is 4.98 Å². The summed E-state index contributed by atoms with van der Waals surface area (Å²) in [6.45, 7) is 6.46. The third-order valence-electron chi connectivity index (χ3n) is 3.17. The molecule has 2 heteroatoms. The summed E-state index contributed by atoms with van der Waals surface area (Å²) in [4.78, 5) is 4.38. The Bertz CT molecular complexity index is 493. The molecule has 1 aromatic carbocycles. The summed E-state index contributed by atoms with van der Waals surface area (Å²) in [6.07, 6.45) is 1.84. The van der Waals surface area contributed by atoms with Crippen LogP contribution in [0, 0.1) is 6.92 Å². The fraction of sp³-hybridized carbons (Fsp3) is 0.312. The molecule has 0 saturated heterocycles. The maximum absolute atomic E-state index is 4.38. The van der Waals surface area contributed by atoms with E-state index in [0.717, 1.165) is 5.69 Å². The number of rotatable bonds is 4. The van der Waals surface area contributed by atoms with E-state index in [4.69, 9.17) is 0 Å². The molecule has 18 heavy (non-hydrogen) atoms. The fourth-order valence-corrected chi connectivity index (χ4v) is 2.13. The van der Waals surface area contributed by atoms with Crippen LogP contribution < -0.4 is 5.32 Å². The van der Waals surface area contributed by atoms with Crippen LogP contribution in [0.1, 0.15) is 42.8 Å². The number of aryl methyl sites for hydroxylation is 1. The van der Waals surface area contributed by atoms with Gasteiger partial charge in [0.15, 0.2) is 0 Å². The third-order valence-corrected chi connectivity index (χ3v) is 3.17. The van der Waals surface area contributed by atoms with Crippen molar-refractivity contribution < 1.29 is 0 Å². The second kappa shape index (κ2) is 5.78. The van der Waals surface area contributed by atoms with Gasteiger partial charge in [-0.1, -0.05) is 35.9 Å². The molecule has 0 radical (unpaired) electrons. The number of nitrogens with zero attached hydrogens (tertiary/aromatic N) is 1. The number of hydrogen-bond donors (Lipinski definition) is 1. The molecule has 2 aromatic rings. The molecule has 0 aliphatic rings. The third kappa shape index (κ3) is 3.17. The smallest absolute Gasteiger partial charge is 0.0570 e. The molecule has 0 spiro atoms. The van der Waals surface area contributed by atoms with Crippen LogP contribution in [-0.2, 0) is 0 Å². The van der Waals surface area contributed by atoms with E-state index in [9.17, 15) is 0 Å². The van der Waals surface area contributed by atoms with Crippen LogP contribution in [0.3, 0.4) is 0 Å². The Labute approximate surface area is 109 Å². The van der Waals surface area contributed by atoms with E-state index in [0.29, 0.717) is 6.04 Å². The minimum atomic E-state index is 0.252. The number of nitrogens with one attached hydrogen (secondary N) is 1. The predicted molar refractivity (Wildman–Crippen MR) is 75.4 cm³/mol. The second-order valence-electron chi connectivity index (χ2n) is 4.78. The van der Waals surface area contributed by atoms with Gasteiger partial charge in [0.05, 0.1) is 5.69 Å². The lowest BCUT2D eigenvalue weighted by molar-refractivity contribution is 0.486. The molecule has 1 N–H and O–H groups in total. The molecule has 2 atom stereocenters. The van der Waals surface area contributed by atoms with Gasteiger partial charge in [-0.15, -0.1) is 0 Å². The summed E-state index contributed by atoms with van der Waals surface area (Å²) in [5, 5.41) is 3.58. The lowest BCUT2D eigenvalue weighted by Crippen LogP contribution is -2.23. The van der Waals surface area contributed by atoms with E-state index in [1.807, 2.05) is 18.3 Å². The molecule has 0 bridgehead atoms. The van der Waals surface area contributed by atoms with Crippen LogP contribution in [0.15, 0.2) is 48.7 Å². The standard InChI is InChI=1S/C16H20N2/c1-12-7-6-8-15(11-12)13(2)18-14(3)16-9-4-5-10-17-16/h4-11,13-14,18H,1-3H3/t13?,14-/m1/s1. The summed E-state index contributed by atoms with van der Waals surface area (Å²) in [5.41, 5.74) is 3.70. The van der Waals surface area contributed by atoms with Gasteiger partial charge in [-0.25, -0.2) is 0 Å². The van der Waals surface area contributed by atoms with Gasteiger partial charge >= 0.3 is 0 Å². The molecule has 0 fully saturated rings. The Morgan fingerprint density at radius 2 is 1.83 bits per heavy atom. The van der Waals surface area contributed by atoms with Crippen LogP contribution in [0.4, 0.5) is 0 Å². The van der Waals surface area contributed by atoms with Crippen molar-refractivity contribution in [2.45, 2.75) is 32.9 Å². The van der Waals surface area contributed by atoms with Gasteiger partial charge in [-0.3, -0.25) is 4.98 Å². The van der Waals surface area contributed by atoms with Gasteiger partial charge in [0.2, 0.25) is 0 Å². The summed E-state index contributed by atoms with van der Waals surface area (Å²) in [7, 11) is 0. The highest BCUT2D eigenvalue weighted by Crippen LogP contribution is 2.18. The van der Waals surface area contributed by atoms with E-state index in [1.54, 1.807) is 0 Å². The summed E-state index contributed by atoms with van der Waals surface area (Å²) >= 11 is 0. The molecule has 1 unspecified atom stereocenters. The topological polar surface area (TPSA) is 24.9 Å². The first-order chi connectivity index (χ1) is 8.66. The zero-order valence-corrected chi connectivity index (χ0v) is 11.2. The Morgan fingerprint density at radius 3 is 2.50 bits per heavy atom. The van der Waals surface area contributed by atoms with Crippen molar-refractivity contribution in [3.05, 3.63) is 65.5 Å². The highest BCUT2D eigenvalue weighted by Gasteiger charge is 2.11. The van der Waals surface area contributed by atoms with Gasteiger partial charge in [-0.05, 0) is 38.5 Å². The van der Waals surface area contributed by atoms with Crippen LogP contribution >= 0.6 is 0 Å². The Hall–Kier alpha value is -1.67. The van der Waals surface area contributed by atoms with E-state index in [2.05, 4.69) is 61.4 Å². The second-order valence-corrected chi connectivity index (χ2v) is 4.78. The van der Waals surface area contributed by atoms with Crippen molar-refractivity contribution in [2.75, 3.05) is 0 Å². The van der Waals surface area contributed by atoms with Gasteiger partial charge in [0.25, 0.3) is 0 Å². The Morgan fingerprint density at radius 1 is 1.00 bits per heavy atom. The molecular formula is C16H20N2. The van der Waals surface area contributed by atoms with Gasteiger partial charge < -0.3 is 5.32 Å². The molecule has 0 amide bonds. The van der Waals surface area contributed by atoms with E-state index in [-0.39, 0.29) is 6.04 Å². The first kappa shape index (κ1) is 12.8. The maximum Gasteiger partial charge on any atom is 0.0570 e. The van der Waals surface area contributed by atoms with Crippen molar-refractivity contribution in [3.63, 3.8) is 0 Å². The van der Waals surface area contributed by atoms with Crippen molar-refractivity contribution in [1.82, 2.24) is 10.3 Å². The molecule has 2 rings (SSSR count). The normalized spacial score (nSPS) is 14.2. The minimum Gasteiger partial charge on any atom is -0.302 e. The molecule has 1 heterocycles. The van der Waals surface area contributed by atoms with E-state index >= 15 is 0 Å². The lowest BCUT2D eigenvalue weighted by atomic mass is 10.0. The SMILES string of the molecule is Cc1cccc(C(C)N[C@H](C)c2ccccn2)c1. The number of aromatic nitrogens is 1. The van der Waals surface area contributed by atoms with Crippen molar-refractivity contribution in [3.8, 4) is 0 Å². The predicted octanol–water partition coefficient (Wildman–Crippen LogP) is 3.80. The minimum absolute atomic E-state index is 0.252. The highest BCUT2D eigenvalue weighted by atomic mass is 15.0. The zero-order chi connectivity index (χ0) is 13.0. The van der Waals surface area contributed by atoms with Crippen LogP contribution in [0.5, 0.6) is 0 Å². The Kier molecular flexibility index (Phi) is 4.11. The average molecular weight is 240 g/mol. The van der Waals surface area contributed by atoms with Crippen molar-refractivity contribution in [1.29, 1.82) is 0 Å². The van der Waals surface area contributed by atoms with Crippen molar-refractivity contribution in [2.24, 2.45) is 0 Å². The summed E-state index contributed by atoms with van der Waals surface area (Å²) in [5.74, 6) is 0. The maximum atomic E-state index is 4.38. The number of benzene rings is 1. The zero-order valence-electron chi connectivity index (χ0n) is 11.2. The first-order valence-electron chi connectivity index (χ1n) is 6.40. The summed E-state index contributed by atoms with van der Waals surface area (Å²) in [6, 6.07) is 15.2. The van der Waals surface area contributed by atoms with Crippen LogP contribution in [0.25, 0.3) is 0 Å². The van der Waals surface area contributed by atoms with Gasteiger partial charge in [0.1, 0.15) is 0 Å². The van der Waals surface area contributed by atoms with Gasteiger partial charge in [0, 0.05) is 18.3 Å². The van der Waals surface area contributed by atoms with E-state index < -0.39 is 0 Å².